The summed E-state index contributed by atoms with van der Waals surface area (Å²) in [7, 11) is 0. The first-order chi connectivity index (χ1) is 11.4. The Bertz CT molecular complexity index is 644. The predicted octanol–water partition coefficient (Wildman–Crippen LogP) is -1.57. The fourth-order valence-electron chi connectivity index (χ4n) is 2.35. The number of aliphatic hydroxyl groups is 2. The van der Waals surface area contributed by atoms with Crippen LogP contribution in [0.5, 0.6) is 0 Å². The maximum absolute atomic E-state index is 12.0. The van der Waals surface area contributed by atoms with E-state index in [4.69, 9.17) is 5.73 Å². The molecule has 130 valence electrons. The number of hydrogen-bond donors (Lipinski definition) is 5. The zero-order valence-corrected chi connectivity index (χ0v) is 13.6. The summed E-state index contributed by atoms with van der Waals surface area (Å²) in [4.78, 5) is 35.6. The highest BCUT2D eigenvalue weighted by atomic mass is 32.1. The molecule has 0 spiro atoms. The number of thiophene rings is 1. The Kier molecular flexibility index (Phi) is 6.07. The van der Waals surface area contributed by atoms with Gasteiger partial charge in [-0.3, -0.25) is 14.4 Å². The second-order valence-electron chi connectivity index (χ2n) is 5.45. The molecule has 3 atom stereocenters. The van der Waals surface area contributed by atoms with Crippen LogP contribution in [0.15, 0.2) is 29.2 Å². The normalized spacial score (nSPS) is 23.2. The number of carbonyl (C=O) groups is 3. The van der Waals surface area contributed by atoms with Crippen LogP contribution in [0.25, 0.3) is 0 Å². The van der Waals surface area contributed by atoms with Gasteiger partial charge in [0.1, 0.15) is 6.10 Å². The Morgan fingerprint density at radius 3 is 2.71 bits per heavy atom. The van der Waals surface area contributed by atoms with Gasteiger partial charge >= 0.3 is 0 Å². The molecule has 0 aliphatic heterocycles. The van der Waals surface area contributed by atoms with Gasteiger partial charge in [-0.25, -0.2) is 0 Å². The molecule has 2 rings (SSSR count). The summed E-state index contributed by atoms with van der Waals surface area (Å²) in [6.45, 7) is -0.329. The summed E-state index contributed by atoms with van der Waals surface area (Å²) < 4.78 is 0. The smallest absolute Gasteiger partial charge is 0.247 e. The van der Waals surface area contributed by atoms with Gasteiger partial charge in [-0.15, -0.1) is 11.3 Å². The lowest BCUT2D eigenvalue weighted by atomic mass is 9.90. The highest BCUT2D eigenvalue weighted by Gasteiger charge is 2.33. The van der Waals surface area contributed by atoms with E-state index < -0.39 is 30.1 Å². The monoisotopic (exact) mass is 353 g/mol. The van der Waals surface area contributed by atoms with E-state index in [-0.39, 0.29) is 30.9 Å². The van der Waals surface area contributed by atoms with E-state index in [0.29, 0.717) is 0 Å². The lowest BCUT2D eigenvalue weighted by Gasteiger charge is -2.31. The van der Waals surface area contributed by atoms with Gasteiger partial charge in [0.15, 0.2) is 0 Å². The Morgan fingerprint density at radius 2 is 2.08 bits per heavy atom. The fourth-order valence-corrected chi connectivity index (χ4v) is 3.06. The molecule has 9 heteroatoms. The summed E-state index contributed by atoms with van der Waals surface area (Å²) in [5.74, 6) is -1.60. The van der Waals surface area contributed by atoms with E-state index in [1.165, 1.54) is 17.4 Å². The molecule has 0 aromatic carbocycles. The lowest BCUT2D eigenvalue weighted by molar-refractivity contribution is -0.124. The van der Waals surface area contributed by atoms with Crippen LogP contribution in [-0.4, -0.2) is 52.7 Å². The fraction of sp³-hybridized carbons (Fsp3) is 0.400. The third-order valence-corrected chi connectivity index (χ3v) is 4.41. The predicted molar refractivity (Wildman–Crippen MR) is 86.9 cm³/mol. The molecule has 1 heterocycles. The second-order valence-corrected chi connectivity index (χ2v) is 6.48. The highest BCUT2D eigenvalue weighted by Crippen LogP contribution is 2.20. The number of nitrogens with one attached hydrogen (secondary N) is 2. The summed E-state index contributed by atoms with van der Waals surface area (Å²) in [6.07, 6.45) is -0.960. The Labute approximate surface area is 142 Å². The first-order valence-electron chi connectivity index (χ1n) is 7.32. The summed E-state index contributed by atoms with van der Waals surface area (Å²) in [6, 6.07) is 2.75. The van der Waals surface area contributed by atoms with Crippen molar-refractivity contribution in [2.45, 2.75) is 31.1 Å². The summed E-state index contributed by atoms with van der Waals surface area (Å²) >= 11 is 1.43. The standard InChI is InChI=1S/C15H19N3O5S/c16-12(20)7-17-15(23)8-4-10(14(22)11(19)5-8)18-13(21)6-9-2-1-3-24-9/h1-4,10-11,14,19,22H,5-7H2,(H2,16,20)(H,17,23)(H,18,21)/t10-,11+,14+/m0/s1. The van der Waals surface area contributed by atoms with Gasteiger partial charge in [0.25, 0.3) is 0 Å². The summed E-state index contributed by atoms with van der Waals surface area (Å²) in [5.41, 5.74) is 5.14. The number of primary amides is 1. The van der Waals surface area contributed by atoms with E-state index in [0.717, 1.165) is 4.88 Å². The second kappa shape index (κ2) is 8.04. The third-order valence-electron chi connectivity index (χ3n) is 3.53. The number of aliphatic hydroxyl groups excluding tert-OH is 2. The van der Waals surface area contributed by atoms with E-state index in [1.807, 2.05) is 17.5 Å². The van der Waals surface area contributed by atoms with Crippen LogP contribution in [-0.2, 0) is 20.8 Å². The number of amides is 3. The molecule has 8 nitrogen and oxygen atoms in total. The largest absolute Gasteiger partial charge is 0.390 e. The maximum Gasteiger partial charge on any atom is 0.247 e. The molecule has 1 aromatic rings. The zero-order chi connectivity index (χ0) is 17.7. The molecule has 1 aliphatic rings. The topological polar surface area (TPSA) is 142 Å². The summed E-state index contributed by atoms with van der Waals surface area (Å²) in [5, 5.41) is 26.7. The minimum atomic E-state index is -1.22. The van der Waals surface area contributed by atoms with Crippen molar-refractivity contribution in [3.63, 3.8) is 0 Å². The van der Waals surface area contributed by atoms with Crippen molar-refractivity contribution in [3.05, 3.63) is 34.0 Å². The molecule has 24 heavy (non-hydrogen) atoms. The van der Waals surface area contributed by atoms with Gasteiger partial charge in [-0.2, -0.15) is 0 Å². The highest BCUT2D eigenvalue weighted by molar-refractivity contribution is 7.10. The number of carbonyl (C=O) groups excluding carboxylic acids is 3. The van der Waals surface area contributed by atoms with Crippen LogP contribution >= 0.6 is 11.3 Å². The van der Waals surface area contributed by atoms with Crippen molar-refractivity contribution in [3.8, 4) is 0 Å². The van der Waals surface area contributed by atoms with Crippen LogP contribution in [0.4, 0.5) is 0 Å². The SMILES string of the molecule is NC(=O)CNC(=O)C1=C[C@H](NC(=O)Cc2cccs2)[C@@H](O)[C@H](O)C1. The number of nitrogens with two attached hydrogens (primary N) is 1. The van der Waals surface area contributed by atoms with Crippen molar-refractivity contribution in [1.29, 1.82) is 0 Å². The van der Waals surface area contributed by atoms with E-state index in [9.17, 15) is 24.6 Å². The van der Waals surface area contributed by atoms with Gasteiger partial charge in [0.05, 0.1) is 25.1 Å². The first kappa shape index (κ1) is 18.1. The quantitative estimate of drug-likeness (QED) is 0.420. The molecule has 0 saturated heterocycles. The molecule has 6 N–H and O–H groups in total. The molecule has 0 bridgehead atoms. The Morgan fingerprint density at radius 1 is 1.33 bits per heavy atom. The lowest BCUT2D eigenvalue weighted by Crippen LogP contribution is -2.51. The minimum absolute atomic E-state index is 0.0803. The Hall–Kier alpha value is -2.23. The van der Waals surface area contributed by atoms with Crippen LogP contribution < -0.4 is 16.4 Å². The zero-order valence-electron chi connectivity index (χ0n) is 12.8. The van der Waals surface area contributed by atoms with E-state index in [1.54, 1.807) is 0 Å². The average Bonchev–Trinajstić information content (AvgIpc) is 3.01. The van der Waals surface area contributed by atoms with Crippen LogP contribution in [0.1, 0.15) is 11.3 Å². The average molecular weight is 353 g/mol. The maximum atomic E-state index is 12.0. The molecule has 0 fully saturated rings. The minimum Gasteiger partial charge on any atom is -0.390 e. The van der Waals surface area contributed by atoms with Crippen molar-refractivity contribution in [2.75, 3.05) is 6.54 Å². The van der Waals surface area contributed by atoms with Crippen molar-refractivity contribution < 1.29 is 24.6 Å². The van der Waals surface area contributed by atoms with Gasteiger partial charge in [-0.1, -0.05) is 12.1 Å². The molecular weight excluding hydrogens is 334 g/mol. The van der Waals surface area contributed by atoms with Crippen LogP contribution in [0.3, 0.4) is 0 Å². The van der Waals surface area contributed by atoms with Gasteiger partial charge in [-0.05, 0) is 11.4 Å². The molecule has 0 unspecified atom stereocenters. The first-order valence-corrected chi connectivity index (χ1v) is 8.20. The molecule has 0 saturated carbocycles. The van der Waals surface area contributed by atoms with Gasteiger partial charge in [0.2, 0.25) is 17.7 Å². The number of rotatable bonds is 6. The van der Waals surface area contributed by atoms with Gasteiger partial charge in [0, 0.05) is 16.9 Å². The third kappa shape index (κ3) is 4.88. The van der Waals surface area contributed by atoms with Gasteiger partial charge < -0.3 is 26.6 Å². The molecule has 3 amide bonds. The van der Waals surface area contributed by atoms with Crippen molar-refractivity contribution in [2.24, 2.45) is 5.73 Å². The van der Waals surface area contributed by atoms with Crippen LogP contribution in [0, 0.1) is 0 Å². The number of hydrogen-bond acceptors (Lipinski definition) is 6. The van der Waals surface area contributed by atoms with Crippen LogP contribution in [0.2, 0.25) is 0 Å². The molecule has 1 aromatic heterocycles. The molecular formula is C15H19N3O5S. The Balaban J connectivity index is 2.02. The van der Waals surface area contributed by atoms with Crippen molar-refractivity contribution in [1.82, 2.24) is 10.6 Å². The molecule has 0 radical (unpaired) electrons. The van der Waals surface area contributed by atoms with E-state index >= 15 is 0 Å². The van der Waals surface area contributed by atoms with Crippen molar-refractivity contribution >= 4 is 29.1 Å². The van der Waals surface area contributed by atoms with E-state index in [2.05, 4.69) is 10.6 Å². The molecule has 1 aliphatic carbocycles.